The number of nitrogens with one attached hydrogen (secondary N) is 2. The second kappa shape index (κ2) is 7.74. The van der Waals surface area contributed by atoms with Crippen molar-refractivity contribution in [3.05, 3.63) is 23.4 Å². The molecule has 0 aliphatic rings. The zero-order valence-corrected chi connectivity index (χ0v) is 12.1. The maximum atomic E-state index is 12.1. The van der Waals surface area contributed by atoms with Crippen LogP contribution < -0.4 is 10.6 Å². The fourth-order valence-electron chi connectivity index (χ4n) is 1.83. The Kier molecular flexibility index (Phi) is 6.29. The molecule has 0 aromatic carbocycles. The molecule has 0 aliphatic heterocycles. The van der Waals surface area contributed by atoms with E-state index in [0.717, 1.165) is 24.4 Å². The molecule has 1 atom stereocenters. The van der Waals surface area contributed by atoms with E-state index in [4.69, 9.17) is 4.74 Å². The number of amides is 1. The molecule has 0 fully saturated rings. The Bertz CT molecular complexity index is 421. The molecule has 0 bridgehead atoms. The Morgan fingerprint density at radius 1 is 1.47 bits per heavy atom. The highest BCUT2D eigenvalue weighted by Crippen LogP contribution is 2.12. The van der Waals surface area contributed by atoms with Gasteiger partial charge in [-0.1, -0.05) is 13.3 Å². The van der Waals surface area contributed by atoms with Crippen LogP contribution in [0.25, 0.3) is 0 Å². The van der Waals surface area contributed by atoms with Gasteiger partial charge in [0.15, 0.2) is 0 Å². The second-order valence-corrected chi connectivity index (χ2v) is 4.56. The van der Waals surface area contributed by atoms with Crippen LogP contribution in [0.15, 0.2) is 12.1 Å². The van der Waals surface area contributed by atoms with Crippen molar-refractivity contribution in [2.24, 2.45) is 0 Å². The van der Waals surface area contributed by atoms with Gasteiger partial charge in [-0.15, -0.1) is 0 Å². The predicted octanol–water partition coefficient (Wildman–Crippen LogP) is 1.84. The molecule has 1 amide bonds. The van der Waals surface area contributed by atoms with Crippen LogP contribution in [0.4, 0.5) is 5.82 Å². The van der Waals surface area contributed by atoms with Crippen LogP contribution in [0, 0.1) is 0 Å². The quantitative estimate of drug-likeness (QED) is 0.789. The van der Waals surface area contributed by atoms with Crippen molar-refractivity contribution >= 4 is 11.7 Å². The Labute approximate surface area is 114 Å². The van der Waals surface area contributed by atoms with Crippen molar-refractivity contribution in [3.8, 4) is 0 Å². The van der Waals surface area contributed by atoms with E-state index in [-0.39, 0.29) is 11.9 Å². The summed E-state index contributed by atoms with van der Waals surface area (Å²) in [6.45, 7) is 4.50. The van der Waals surface area contributed by atoms with Crippen LogP contribution in [0.5, 0.6) is 0 Å². The Morgan fingerprint density at radius 3 is 2.79 bits per heavy atom. The first-order valence-corrected chi connectivity index (χ1v) is 6.59. The number of aromatic nitrogens is 1. The van der Waals surface area contributed by atoms with Crippen LogP contribution in [-0.4, -0.2) is 37.7 Å². The normalized spacial score (nSPS) is 12.0. The lowest BCUT2D eigenvalue weighted by Crippen LogP contribution is -2.35. The molecule has 0 aliphatic carbocycles. The van der Waals surface area contributed by atoms with Gasteiger partial charge in [0.25, 0.3) is 5.91 Å². The number of carbonyl (C=O) groups is 1. The number of aryl methyl sites for hydroxylation is 1. The molecule has 1 heterocycles. The molecule has 19 heavy (non-hydrogen) atoms. The standard InChI is InChI=1S/C14H23N3O2/c1-5-6-12-7-11(8-13(15-3)17-12)14(18)16-10(2)9-19-4/h7-8,10H,5-6,9H2,1-4H3,(H,15,17)(H,16,18). The third-order valence-electron chi connectivity index (χ3n) is 2.70. The smallest absolute Gasteiger partial charge is 0.251 e. The number of anilines is 1. The molecular formula is C14H23N3O2. The summed E-state index contributed by atoms with van der Waals surface area (Å²) in [6, 6.07) is 3.59. The highest BCUT2D eigenvalue weighted by atomic mass is 16.5. The van der Waals surface area contributed by atoms with Gasteiger partial charge in [-0.2, -0.15) is 0 Å². The van der Waals surface area contributed by atoms with Gasteiger partial charge >= 0.3 is 0 Å². The first-order chi connectivity index (χ1) is 9.10. The average molecular weight is 265 g/mol. The fraction of sp³-hybridized carbons (Fsp3) is 0.571. The summed E-state index contributed by atoms with van der Waals surface area (Å²) in [4.78, 5) is 16.6. The van der Waals surface area contributed by atoms with Gasteiger partial charge in [0.1, 0.15) is 5.82 Å². The molecule has 1 aromatic heterocycles. The van der Waals surface area contributed by atoms with E-state index in [2.05, 4.69) is 22.5 Å². The lowest BCUT2D eigenvalue weighted by Gasteiger charge is -2.14. The van der Waals surface area contributed by atoms with Crippen molar-refractivity contribution in [3.63, 3.8) is 0 Å². The Hall–Kier alpha value is -1.62. The minimum Gasteiger partial charge on any atom is -0.383 e. The van der Waals surface area contributed by atoms with E-state index in [9.17, 15) is 4.79 Å². The van der Waals surface area contributed by atoms with Gasteiger partial charge in [-0.3, -0.25) is 4.79 Å². The van der Waals surface area contributed by atoms with Crippen LogP contribution in [0.2, 0.25) is 0 Å². The maximum Gasteiger partial charge on any atom is 0.251 e. The lowest BCUT2D eigenvalue weighted by molar-refractivity contribution is 0.0905. The monoisotopic (exact) mass is 265 g/mol. The number of pyridine rings is 1. The summed E-state index contributed by atoms with van der Waals surface area (Å²) in [7, 11) is 3.42. The lowest BCUT2D eigenvalue weighted by atomic mass is 10.1. The SMILES string of the molecule is CCCc1cc(C(=O)NC(C)COC)cc(NC)n1. The van der Waals surface area contributed by atoms with Crippen molar-refractivity contribution in [1.29, 1.82) is 0 Å². The molecule has 0 radical (unpaired) electrons. The molecule has 1 aromatic rings. The molecule has 0 saturated carbocycles. The van der Waals surface area contributed by atoms with Gasteiger partial charge < -0.3 is 15.4 Å². The van der Waals surface area contributed by atoms with E-state index in [1.165, 1.54) is 0 Å². The van der Waals surface area contributed by atoms with Crippen LogP contribution in [0.1, 0.15) is 36.3 Å². The van der Waals surface area contributed by atoms with Crippen molar-refractivity contribution in [2.75, 3.05) is 26.1 Å². The summed E-state index contributed by atoms with van der Waals surface area (Å²) in [5.74, 6) is 0.622. The van der Waals surface area contributed by atoms with Gasteiger partial charge in [0.2, 0.25) is 0 Å². The highest BCUT2D eigenvalue weighted by molar-refractivity contribution is 5.95. The molecule has 2 N–H and O–H groups in total. The van der Waals surface area contributed by atoms with Crippen molar-refractivity contribution in [1.82, 2.24) is 10.3 Å². The molecule has 5 heteroatoms. The first-order valence-electron chi connectivity index (χ1n) is 6.59. The van der Waals surface area contributed by atoms with Crippen molar-refractivity contribution in [2.45, 2.75) is 32.7 Å². The molecule has 106 valence electrons. The van der Waals surface area contributed by atoms with Gasteiger partial charge in [0, 0.05) is 31.5 Å². The summed E-state index contributed by atoms with van der Waals surface area (Å²) in [6.07, 6.45) is 1.87. The Morgan fingerprint density at radius 2 is 2.21 bits per heavy atom. The van der Waals surface area contributed by atoms with E-state index in [0.29, 0.717) is 12.2 Å². The minimum atomic E-state index is -0.0965. The minimum absolute atomic E-state index is 0.0154. The topological polar surface area (TPSA) is 63.2 Å². The molecule has 1 unspecified atom stereocenters. The molecule has 0 saturated heterocycles. The zero-order chi connectivity index (χ0) is 14.3. The predicted molar refractivity (Wildman–Crippen MR) is 76.6 cm³/mol. The summed E-state index contributed by atoms with van der Waals surface area (Å²) < 4.78 is 5.01. The maximum absolute atomic E-state index is 12.1. The van der Waals surface area contributed by atoms with Crippen LogP contribution in [-0.2, 0) is 11.2 Å². The molecule has 1 rings (SSSR count). The number of methoxy groups -OCH3 is 1. The average Bonchev–Trinajstić information content (AvgIpc) is 2.38. The highest BCUT2D eigenvalue weighted by Gasteiger charge is 2.12. The van der Waals surface area contributed by atoms with Crippen molar-refractivity contribution < 1.29 is 9.53 Å². The first kappa shape index (κ1) is 15.4. The second-order valence-electron chi connectivity index (χ2n) is 4.56. The van der Waals surface area contributed by atoms with Crippen LogP contribution in [0.3, 0.4) is 0 Å². The fourth-order valence-corrected chi connectivity index (χ4v) is 1.83. The van der Waals surface area contributed by atoms with E-state index in [1.807, 2.05) is 13.0 Å². The number of nitrogens with zero attached hydrogens (tertiary/aromatic N) is 1. The Balaban J connectivity index is 2.85. The van der Waals surface area contributed by atoms with Crippen LogP contribution >= 0.6 is 0 Å². The summed E-state index contributed by atoms with van der Waals surface area (Å²) >= 11 is 0. The number of carbonyl (C=O) groups excluding carboxylic acids is 1. The summed E-state index contributed by atoms with van der Waals surface area (Å²) in [5, 5.41) is 5.88. The molecular weight excluding hydrogens is 242 g/mol. The zero-order valence-electron chi connectivity index (χ0n) is 12.1. The third kappa shape index (κ3) is 4.87. The number of ether oxygens (including phenoxy) is 1. The number of hydrogen-bond acceptors (Lipinski definition) is 4. The summed E-state index contributed by atoms with van der Waals surface area (Å²) in [5.41, 5.74) is 1.56. The van der Waals surface area contributed by atoms with E-state index >= 15 is 0 Å². The third-order valence-corrected chi connectivity index (χ3v) is 2.70. The molecule has 5 nitrogen and oxygen atoms in total. The number of hydrogen-bond donors (Lipinski definition) is 2. The number of rotatable bonds is 7. The van der Waals surface area contributed by atoms with Gasteiger partial charge in [0.05, 0.1) is 6.61 Å². The van der Waals surface area contributed by atoms with E-state index in [1.54, 1.807) is 20.2 Å². The van der Waals surface area contributed by atoms with E-state index < -0.39 is 0 Å². The van der Waals surface area contributed by atoms with Gasteiger partial charge in [-0.25, -0.2) is 4.98 Å². The van der Waals surface area contributed by atoms with Gasteiger partial charge in [-0.05, 0) is 25.5 Å². The molecule has 0 spiro atoms. The largest absolute Gasteiger partial charge is 0.383 e.